The van der Waals surface area contributed by atoms with E-state index in [0.717, 1.165) is 38.5 Å². The van der Waals surface area contributed by atoms with Crippen LogP contribution >= 0.6 is 0 Å². The minimum absolute atomic E-state index is 0.241. The highest BCUT2D eigenvalue weighted by molar-refractivity contribution is 5.89. The fourth-order valence-corrected chi connectivity index (χ4v) is 3.76. The maximum Gasteiger partial charge on any atom is 0.338 e. The van der Waals surface area contributed by atoms with Crippen LogP contribution in [0.15, 0.2) is 60.7 Å². The summed E-state index contributed by atoms with van der Waals surface area (Å²) in [7, 11) is 0. The van der Waals surface area contributed by atoms with Gasteiger partial charge in [0.05, 0.1) is 24.3 Å². The number of hydrogen-bond acceptors (Lipinski definition) is 4. The Morgan fingerprint density at radius 1 is 0.643 bits per heavy atom. The molecule has 0 radical (unpaired) electrons. The molecule has 2 aromatic carbocycles. The SMILES string of the molecule is O=C(OCCC1CCC(CCOC(=O)c2ccccc2)CC1)c1ccccc1. The lowest BCUT2D eigenvalue weighted by atomic mass is 9.79. The van der Waals surface area contributed by atoms with Gasteiger partial charge in [0.1, 0.15) is 0 Å². The van der Waals surface area contributed by atoms with Crippen LogP contribution in [0.3, 0.4) is 0 Å². The topological polar surface area (TPSA) is 52.6 Å². The summed E-state index contributed by atoms with van der Waals surface area (Å²) in [5.74, 6) is 0.752. The largest absolute Gasteiger partial charge is 0.462 e. The van der Waals surface area contributed by atoms with E-state index < -0.39 is 0 Å². The van der Waals surface area contributed by atoms with Gasteiger partial charge in [0, 0.05) is 0 Å². The lowest BCUT2D eigenvalue weighted by molar-refractivity contribution is 0.0436. The number of ether oxygens (including phenoxy) is 2. The second-order valence-corrected chi connectivity index (χ2v) is 7.47. The number of esters is 2. The highest BCUT2D eigenvalue weighted by Crippen LogP contribution is 2.32. The van der Waals surface area contributed by atoms with Gasteiger partial charge in [0.15, 0.2) is 0 Å². The van der Waals surface area contributed by atoms with Gasteiger partial charge in [0.25, 0.3) is 0 Å². The molecule has 1 aliphatic rings. The summed E-state index contributed by atoms with van der Waals surface area (Å²) in [5.41, 5.74) is 1.22. The van der Waals surface area contributed by atoms with Crippen molar-refractivity contribution in [3.63, 3.8) is 0 Å². The average molecular weight is 380 g/mol. The Balaban J connectivity index is 1.27. The van der Waals surface area contributed by atoms with Crippen molar-refractivity contribution in [3.8, 4) is 0 Å². The number of carbonyl (C=O) groups is 2. The highest BCUT2D eigenvalue weighted by atomic mass is 16.5. The third-order valence-electron chi connectivity index (χ3n) is 5.50. The molecule has 148 valence electrons. The van der Waals surface area contributed by atoms with E-state index in [9.17, 15) is 9.59 Å². The lowest BCUT2D eigenvalue weighted by Gasteiger charge is -2.28. The number of hydrogen-bond donors (Lipinski definition) is 0. The maximum absolute atomic E-state index is 12.0. The molecule has 0 bridgehead atoms. The Morgan fingerprint density at radius 3 is 1.36 bits per heavy atom. The van der Waals surface area contributed by atoms with E-state index in [2.05, 4.69) is 0 Å². The van der Waals surface area contributed by atoms with Gasteiger partial charge in [-0.15, -0.1) is 0 Å². The Hall–Kier alpha value is -2.62. The zero-order valence-electron chi connectivity index (χ0n) is 16.2. The standard InChI is InChI=1S/C24H28O4/c25-23(21-7-3-1-4-8-21)27-17-15-19-11-13-20(14-12-19)16-18-28-24(26)22-9-5-2-6-10-22/h1-10,19-20H,11-18H2. The maximum atomic E-state index is 12.0. The predicted molar refractivity (Wildman–Crippen MR) is 108 cm³/mol. The van der Waals surface area contributed by atoms with E-state index >= 15 is 0 Å². The van der Waals surface area contributed by atoms with Gasteiger partial charge < -0.3 is 9.47 Å². The van der Waals surface area contributed by atoms with E-state index in [1.165, 1.54) is 0 Å². The van der Waals surface area contributed by atoms with Gasteiger partial charge >= 0.3 is 11.9 Å². The minimum atomic E-state index is -0.241. The number of benzene rings is 2. The van der Waals surface area contributed by atoms with Crippen LogP contribution < -0.4 is 0 Å². The molecule has 4 nitrogen and oxygen atoms in total. The molecule has 0 heterocycles. The van der Waals surface area contributed by atoms with Gasteiger partial charge in [-0.1, -0.05) is 62.1 Å². The van der Waals surface area contributed by atoms with E-state index in [1.807, 2.05) is 36.4 Å². The Morgan fingerprint density at radius 2 is 1.00 bits per heavy atom. The molecular formula is C24H28O4. The van der Waals surface area contributed by atoms with Crippen LogP contribution in [0, 0.1) is 11.8 Å². The van der Waals surface area contributed by atoms with E-state index in [0.29, 0.717) is 36.2 Å². The summed E-state index contributed by atoms with van der Waals surface area (Å²) in [5, 5.41) is 0. The van der Waals surface area contributed by atoms with Crippen molar-refractivity contribution in [1.82, 2.24) is 0 Å². The molecule has 0 aliphatic heterocycles. The fourth-order valence-electron chi connectivity index (χ4n) is 3.76. The molecule has 3 rings (SSSR count). The van der Waals surface area contributed by atoms with Crippen molar-refractivity contribution in [2.24, 2.45) is 11.8 Å². The van der Waals surface area contributed by atoms with E-state index in [1.54, 1.807) is 24.3 Å². The second-order valence-electron chi connectivity index (χ2n) is 7.47. The molecule has 28 heavy (non-hydrogen) atoms. The van der Waals surface area contributed by atoms with Gasteiger partial charge in [-0.05, 0) is 48.9 Å². The van der Waals surface area contributed by atoms with E-state index in [-0.39, 0.29) is 11.9 Å². The predicted octanol–water partition coefficient (Wildman–Crippen LogP) is 5.29. The zero-order valence-corrected chi connectivity index (χ0v) is 16.2. The molecule has 0 spiro atoms. The smallest absolute Gasteiger partial charge is 0.338 e. The monoisotopic (exact) mass is 380 g/mol. The molecule has 0 aromatic heterocycles. The summed E-state index contributed by atoms with van der Waals surface area (Å²) in [6, 6.07) is 18.2. The molecule has 1 fully saturated rings. The number of carbonyl (C=O) groups excluding carboxylic acids is 2. The van der Waals surface area contributed by atoms with Crippen molar-refractivity contribution in [3.05, 3.63) is 71.8 Å². The Kier molecular flexibility index (Phi) is 7.65. The molecule has 0 saturated heterocycles. The quantitative estimate of drug-likeness (QED) is 0.584. The first-order chi connectivity index (χ1) is 13.7. The third kappa shape index (κ3) is 6.22. The summed E-state index contributed by atoms with van der Waals surface area (Å²) < 4.78 is 10.8. The Labute approximate surface area is 166 Å². The molecule has 4 heteroatoms. The molecule has 0 atom stereocenters. The van der Waals surface area contributed by atoms with Gasteiger partial charge in [-0.3, -0.25) is 0 Å². The van der Waals surface area contributed by atoms with Crippen LogP contribution in [0.2, 0.25) is 0 Å². The van der Waals surface area contributed by atoms with Crippen LogP contribution in [-0.4, -0.2) is 25.2 Å². The van der Waals surface area contributed by atoms with Crippen molar-refractivity contribution in [2.75, 3.05) is 13.2 Å². The molecular weight excluding hydrogens is 352 g/mol. The van der Waals surface area contributed by atoms with Crippen LogP contribution in [0.4, 0.5) is 0 Å². The van der Waals surface area contributed by atoms with Crippen LogP contribution in [-0.2, 0) is 9.47 Å². The summed E-state index contributed by atoms with van der Waals surface area (Å²) in [4.78, 5) is 23.9. The van der Waals surface area contributed by atoms with Crippen molar-refractivity contribution < 1.29 is 19.1 Å². The molecule has 0 unspecified atom stereocenters. The summed E-state index contributed by atoms with van der Waals surface area (Å²) >= 11 is 0. The zero-order chi connectivity index (χ0) is 19.6. The molecule has 1 aliphatic carbocycles. The highest BCUT2D eigenvalue weighted by Gasteiger charge is 2.22. The fraction of sp³-hybridized carbons (Fsp3) is 0.417. The first-order valence-electron chi connectivity index (χ1n) is 10.2. The van der Waals surface area contributed by atoms with Gasteiger partial charge in [0.2, 0.25) is 0 Å². The number of rotatable bonds is 8. The average Bonchev–Trinajstić information content (AvgIpc) is 2.76. The summed E-state index contributed by atoms with van der Waals surface area (Å²) in [6.07, 6.45) is 6.46. The van der Waals surface area contributed by atoms with Crippen LogP contribution in [0.25, 0.3) is 0 Å². The first-order valence-corrected chi connectivity index (χ1v) is 10.2. The van der Waals surface area contributed by atoms with Crippen molar-refractivity contribution >= 4 is 11.9 Å². The van der Waals surface area contributed by atoms with E-state index in [4.69, 9.17) is 9.47 Å². The molecule has 0 N–H and O–H groups in total. The normalized spacial score (nSPS) is 19.0. The van der Waals surface area contributed by atoms with Crippen LogP contribution in [0.1, 0.15) is 59.2 Å². The molecule has 1 saturated carbocycles. The minimum Gasteiger partial charge on any atom is -0.462 e. The molecule has 2 aromatic rings. The van der Waals surface area contributed by atoms with Crippen molar-refractivity contribution in [1.29, 1.82) is 0 Å². The second kappa shape index (κ2) is 10.6. The summed E-state index contributed by atoms with van der Waals surface area (Å²) in [6.45, 7) is 0.968. The molecule has 0 amide bonds. The first kappa shape index (κ1) is 20.1. The van der Waals surface area contributed by atoms with Crippen LogP contribution in [0.5, 0.6) is 0 Å². The van der Waals surface area contributed by atoms with Gasteiger partial charge in [-0.25, -0.2) is 9.59 Å². The Bertz CT molecular complexity index is 668. The van der Waals surface area contributed by atoms with Gasteiger partial charge in [-0.2, -0.15) is 0 Å². The lowest BCUT2D eigenvalue weighted by Crippen LogP contribution is -2.19. The third-order valence-corrected chi connectivity index (χ3v) is 5.50. The van der Waals surface area contributed by atoms with Crippen molar-refractivity contribution in [2.45, 2.75) is 38.5 Å².